The van der Waals surface area contributed by atoms with Gasteiger partial charge in [-0.25, -0.2) is 0 Å². The van der Waals surface area contributed by atoms with Crippen molar-refractivity contribution in [1.29, 1.82) is 0 Å². The van der Waals surface area contributed by atoms with Gasteiger partial charge in [0, 0.05) is 19.3 Å². The zero-order valence-electron chi connectivity index (χ0n) is 13.1. The molecule has 0 atom stereocenters. The molecule has 112 valence electrons. The van der Waals surface area contributed by atoms with Gasteiger partial charge in [-0.2, -0.15) is 0 Å². The molecule has 1 aromatic rings. The van der Waals surface area contributed by atoms with Crippen LogP contribution in [0.3, 0.4) is 0 Å². The third-order valence-corrected chi connectivity index (χ3v) is 4.41. The van der Waals surface area contributed by atoms with Crippen LogP contribution in [-0.2, 0) is 7.05 Å². The molecule has 0 saturated heterocycles. The second-order valence-electron chi connectivity index (χ2n) is 6.52. The van der Waals surface area contributed by atoms with Crippen LogP contribution >= 0.6 is 0 Å². The van der Waals surface area contributed by atoms with Crippen LogP contribution in [0.2, 0.25) is 0 Å². The number of aromatic nitrogens is 1. The van der Waals surface area contributed by atoms with Crippen LogP contribution in [-0.4, -0.2) is 34.4 Å². The molecule has 1 aromatic heterocycles. The van der Waals surface area contributed by atoms with Gasteiger partial charge in [0.25, 0.3) is 0 Å². The minimum Gasteiger partial charge on any atom is -0.348 e. The van der Waals surface area contributed by atoms with Gasteiger partial charge in [-0.3, -0.25) is 9.69 Å². The summed E-state index contributed by atoms with van der Waals surface area (Å²) >= 11 is 0. The van der Waals surface area contributed by atoms with Gasteiger partial charge in [0.15, 0.2) is 5.78 Å². The van der Waals surface area contributed by atoms with Crippen LogP contribution in [0, 0.1) is 5.92 Å². The molecule has 0 radical (unpaired) electrons. The Balaban J connectivity index is 1.99. The van der Waals surface area contributed by atoms with Crippen LogP contribution in [0.25, 0.3) is 0 Å². The van der Waals surface area contributed by atoms with Crippen LogP contribution in [0.15, 0.2) is 18.3 Å². The highest BCUT2D eigenvalue weighted by atomic mass is 16.1. The summed E-state index contributed by atoms with van der Waals surface area (Å²) in [4.78, 5) is 14.9. The molecule has 0 bridgehead atoms. The maximum atomic E-state index is 12.5. The summed E-state index contributed by atoms with van der Waals surface area (Å²) in [5, 5.41) is 0. The normalized spacial score (nSPS) is 16.4. The average molecular weight is 276 g/mol. The van der Waals surface area contributed by atoms with Crippen molar-refractivity contribution in [2.45, 2.75) is 52.0 Å². The highest BCUT2D eigenvalue weighted by molar-refractivity contribution is 5.96. The minimum atomic E-state index is 0.258. The van der Waals surface area contributed by atoms with E-state index in [0.717, 1.165) is 12.2 Å². The maximum absolute atomic E-state index is 12.5. The number of carbonyl (C=O) groups excluding carboxylic acids is 1. The molecule has 20 heavy (non-hydrogen) atoms. The zero-order valence-corrected chi connectivity index (χ0v) is 13.1. The fourth-order valence-corrected chi connectivity index (χ4v) is 3.10. The van der Waals surface area contributed by atoms with E-state index in [0.29, 0.717) is 18.5 Å². The SMILES string of the molecule is CC(C)CCN(CC(=O)c1cccn1C)C1CCCC1. The van der Waals surface area contributed by atoms with Crippen molar-refractivity contribution in [2.75, 3.05) is 13.1 Å². The van der Waals surface area contributed by atoms with E-state index in [9.17, 15) is 4.79 Å². The third-order valence-electron chi connectivity index (χ3n) is 4.41. The third kappa shape index (κ3) is 3.95. The Morgan fingerprint density at radius 3 is 2.65 bits per heavy atom. The number of carbonyl (C=O) groups is 1. The van der Waals surface area contributed by atoms with Crippen molar-refractivity contribution < 1.29 is 4.79 Å². The molecule has 0 aliphatic heterocycles. The molecule has 0 spiro atoms. The molecule has 1 aliphatic carbocycles. The molecule has 0 aromatic carbocycles. The van der Waals surface area contributed by atoms with Crippen LogP contribution in [0.1, 0.15) is 56.4 Å². The molecular weight excluding hydrogens is 248 g/mol. The minimum absolute atomic E-state index is 0.258. The van der Waals surface area contributed by atoms with Gasteiger partial charge in [-0.15, -0.1) is 0 Å². The van der Waals surface area contributed by atoms with Crippen LogP contribution < -0.4 is 0 Å². The number of rotatable bonds is 7. The van der Waals surface area contributed by atoms with Gasteiger partial charge in [-0.05, 0) is 43.9 Å². The van der Waals surface area contributed by atoms with E-state index in [1.165, 1.54) is 32.1 Å². The number of Topliss-reactive ketones (excluding diaryl/α,β-unsaturated/α-hetero) is 1. The number of nitrogens with zero attached hydrogens (tertiary/aromatic N) is 2. The lowest BCUT2D eigenvalue weighted by Crippen LogP contribution is -2.39. The lowest BCUT2D eigenvalue weighted by molar-refractivity contribution is 0.0878. The Hall–Kier alpha value is -1.09. The van der Waals surface area contributed by atoms with Gasteiger partial charge in [-0.1, -0.05) is 26.7 Å². The fraction of sp³-hybridized carbons (Fsp3) is 0.706. The van der Waals surface area contributed by atoms with Gasteiger partial charge in [0.1, 0.15) is 0 Å². The number of hydrogen-bond donors (Lipinski definition) is 0. The number of aryl methyl sites for hydroxylation is 1. The molecule has 3 heteroatoms. The summed E-state index contributed by atoms with van der Waals surface area (Å²) in [6.45, 7) is 6.14. The van der Waals surface area contributed by atoms with E-state index in [2.05, 4.69) is 18.7 Å². The smallest absolute Gasteiger partial charge is 0.193 e. The van der Waals surface area contributed by atoms with Gasteiger partial charge in [0.05, 0.1) is 12.2 Å². The second kappa shape index (κ2) is 7.07. The van der Waals surface area contributed by atoms with E-state index in [4.69, 9.17) is 0 Å². The van der Waals surface area contributed by atoms with Crippen molar-refractivity contribution in [3.63, 3.8) is 0 Å². The first-order valence-corrected chi connectivity index (χ1v) is 7.96. The van der Waals surface area contributed by atoms with Crippen molar-refractivity contribution in [3.05, 3.63) is 24.0 Å². The lowest BCUT2D eigenvalue weighted by atomic mass is 10.1. The van der Waals surface area contributed by atoms with Crippen LogP contribution in [0.5, 0.6) is 0 Å². The van der Waals surface area contributed by atoms with Crippen LogP contribution in [0.4, 0.5) is 0 Å². The molecule has 0 N–H and O–H groups in total. The van der Waals surface area contributed by atoms with Crippen molar-refractivity contribution in [2.24, 2.45) is 13.0 Å². The van der Waals surface area contributed by atoms with E-state index < -0.39 is 0 Å². The lowest BCUT2D eigenvalue weighted by Gasteiger charge is -2.28. The quantitative estimate of drug-likeness (QED) is 0.712. The molecule has 1 aliphatic rings. The predicted molar refractivity (Wildman–Crippen MR) is 83.0 cm³/mol. The summed E-state index contributed by atoms with van der Waals surface area (Å²) in [5.41, 5.74) is 0.831. The molecule has 0 unspecified atom stereocenters. The Morgan fingerprint density at radius 1 is 1.40 bits per heavy atom. The number of ketones is 1. The standard InChI is InChI=1S/C17H28N2O/c1-14(2)10-12-19(15-7-4-5-8-15)13-17(20)16-9-6-11-18(16)3/h6,9,11,14-15H,4-5,7-8,10,12-13H2,1-3H3. The fourth-order valence-electron chi connectivity index (χ4n) is 3.10. The molecule has 0 amide bonds. The molecule has 1 fully saturated rings. The second-order valence-corrected chi connectivity index (χ2v) is 6.52. The monoisotopic (exact) mass is 276 g/mol. The Bertz CT molecular complexity index is 430. The topological polar surface area (TPSA) is 25.2 Å². The summed E-state index contributed by atoms with van der Waals surface area (Å²) in [5.74, 6) is 0.956. The van der Waals surface area contributed by atoms with Gasteiger partial charge < -0.3 is 4.57 Å². The average Bonchev–Trinajstić information content (AvgIpc) is 3.04. The Labute approximate surface area is 123 Å². The van der Waals surface area contributed by atoms with Crippen molar-refractivity contribution in [3.8, 4) is 0 Å². The summed E-state index contributed by atoms with van der Waals surface area (Å²) in [6, 6.07) is 4.50. The first-order valence-electron chi connectivity index (χ1n) is 7.96. The highest BCUT2D eigenvalue weighted by Crippen LogP contribution is 2.24. The summed E-state index contributed by atoms with van der Waals surface area (Å²) < 4.78 is 1.93. The van der Waals surface area contributed by atoms with E-state index in [1.54, 1.807) is 0 Å². The van der Waals surface area contributed by atoms with Gasteiger partial charge >= 0.3 is 0 Å². The largest absolute Gasteiger partial charge is 0.348 e. The molecule has 1 heterocycles. The predicted octanol–water partition coefficient (Wildman–Crippen LogP) is 3.50. The molecule has 2 rings (SSSR count). The van der Waals surface area contributed by atoms with E-state index >= 15 is 0 Å². The maximum Gasteiger partial charge on any atom is 0.193 e. The van der Waals surface area contributed by atoms with Crippen molar-refractivity contribution >= 4 is 5.78 Å². The molecule has 3 nitrogen and oxygen atoms in total. The first kappa shape index (κ1) is 15.3. The molecular formula is C17H28N2O. The summed E-state index contributed by atoms with van der Waals surface area (Å²) in [6.07, 6.45) is 8.29. The van der Waals surface area contributed by atoms with E-state index in [1.807, 2.05) is 29.9 Å². The van der Waals surface area contributed by atoms with Crippen molar-refractivity contribution in [1.82, 2.24) is 9.47 Å². The molecule has 1 saturated carbocycles. The first-order chi connectivity index (χ1) is 9.58. The summed E-state index contributed by atoms with van der Waals surface area (Å²) in [7, 11) is 1.95. The Morgan fingerprint density at radius 2 is 2.10 bits per heavy atom. The zero-order chi connectivity index (χ0) is 14.5. The Kier molecular flexibility index (Phi) is 5.41. The van der Waals surface area contributed by atoms with E-state index in [-0.39, 0.29) is 5.78 Å². The van der Waals surface area contributed by atoms with Gasteiger partial charge in [0.2, 0.25) is 0 Å². The number of hydrogen-bond acceptors (Lipinski definition) is 2. The highest BCUT2D eigenvalue weighted by Gasteiger charge is 2.25.